The van der Waals surface area contributed by atoms with Crippen LogP contribution in [0.4, 0.5) is 8.78 Å². The monoisotopic (exact) mass is 594 g/mol. The number of carbonyl (C=O) groups is 4. The molecule has 0 amide bonds. The van der Waals surface area contributed by atoms with Crippen LogP contribution < -0.4 is 0 Å². The van der Waals surface area contributed by atoms with Crippen molar-refractivity contribution in [3.05, 3.63) is 23.8 Å². The van der Waals surface area contributed by atoms with E-state index < -0.39 is 107 Å². The molecule has 2 saturated heterocycles. The van der Waals surface area contributed by atoms with E-state index in [0.717, 1.165) is 34.5 Å². The Morgan fingerprint density at radius 1 is 0.738 bits per heavy atom. The van der Waals surface area contributed by atoms with Crippen LogP contribution in [-0.4, -0.2) is 99.4 Å². The Balaban J connectivity index is 1.43. The van der Waals surface area contributed by atoms with E-state index in [4.69, 9.17) is 38.1 Å². The number of allylic oxidation sites excluding steroid dienone is 1. The van der Waals surface area contributed by atoms with Gasteiger partial charge in [0.2, 0.25) is 0 Å². The SMILES string of the molecule is COC(=O)C1=NO[C@]23[C@@H]4C=C(F)[C@@H]([C@@H]5C(F)=C[C@H]6O[C@H](C(=O)OC)[C@@H]7C(C(=O)OC)=NO[C@]67[C@@H]54)[C@H]2O[C@H](C(=O)OC)[C@H]13. The molecule has 12 atom stereocenters. The number of ether oxygens (including phenoxy) is 6. The highest BCUT2D eigenvalue weighted by Crippen LogP contribution is 2.71. The normalized spacial score (nSPS) is 44.8. The predicted molar refractivity (Wildman–Crippen MR) is 127 cm³/mol. The Bertz CT molecular complexity index is 1440. The van der Waals surface area contributed by atoms with Gasteiger partial charge < -0.3 is 38.1 Å². The van der Waals surface area contributed by atoms with Gasteiger partial charge in [-0.15, -0.1) is 0 Å². The quantitative estimate of drug-likeness (QED) is 0.314. The number of halogens is 2. The first kappa shape index (κ1) is 26.9. The first-order valence-corrected chi connectivity index (χ1v) is 13.0. The maximum absolute atomic E-state index is 16.2. The third kappa shape index (κ3) is 2.88. The van der Waals surface area contributed by atoms with Gasteiger partial charge in [-0.1, -0.05) is 10.3 Å². The number of nitrogens with zero attached hydrogens (tertiary/aromatic N) is 2. The minimum absolute atomic E-state index is 0.306. The molecule has 0 aromatic carbocycles. The zero-order valence-corrected chi connectivity index (χ0v) is 22.5. The number of oxime groups is 2. The zero-order chi connectivity index (χ0) is 29.9. The molecule has 0 unspecified atom stereocenters. The second-order valence-corrected chi connectivity index (χ2v) is 11.0. The van der Waals surface area contributed by atoms with Crippen LogP contribution in [-0.2, 0) is 57.3 Å². The molecule has 8 rings (SSSR count). The summed E-state index contributed by atoms with van der Waals surface area (Å²) >= 11 is 0. The summed E-state index contributed by atoms with van der Waals surface area (Å²) in [6.45, 7) is 0. The van der Waals surface area contributed by atoms with Crippen molar-refractivity contribution in [2.75, 3.05) is 28.4 Å². The molecular formula is C26H24F2N2O12. The summed E-state index contributed by atoms with van der Waals surface area (Å²) < 4.78 is 63.6. The first-order chi connectivity index (χ1) is 20.1. The zero-order valence-electron chi connectivity index (χ0n) is 22.5. The lowest BCUT2D eigenvalue weighted by atomic mass is 9.45. The minimum Gasteiger partial charge on any atom is -0.467 e. The van der Waals surface area contributed by atoms with Gasteiger partial charge in [-0.3, -0.25) is 0 Å². The molecule has 0 radical (unpaired) electrons. The average Bonchev–Trinajstić information content (AvgIpc) is 3.73. The standard InChI is InChI=1S/C26H24F2N2O12/c1-35-21(31)16-14-19(24(34)38-4)40-20-12-8(27)5-7(25(14,20)41-29-16)13-11(12)9(28)6-10-26(13)15(18(39-10)23(33)37-3)17(30-42-26)22(32)36-2/h5-7,10-15,18-20H,1-4H3/t7-,10-,11+,12+,13-,14+,15+,18+,19+,20-,25+,26+/m1/s1. The molecular weight excluding hydrogens is 570 g/mol. The fourth-order valence-electron chi connectivity index (χ4n) is 8.33. The van der Waals surface area contributed by atoms with Crippen molar-refractivity contribution >= 4 is 35.3 Å². The van der Waals surface area contributed by atoms with Crippen LogP contribution in [0.2, 0.25) is 0 Å². The molecule has 224 valence electrons. The molecule has 2 spiro atoms. The van der Waals surface area contributed by atoms with Gasteiger partial charge in [0.25, 0.3) is 0 Å². The van der Waals surface area contributed by atoms with E-state index in [2.05, 4.69) is 10.3 Å². The molecule has 0 N–H and O–H groups in total. The molecule has 0 aromatic rings. The summed E-state index contributed by atoms with van der Waals surface area (Å²) in [5.74, 6) is -12.8. The lowest BCUT2D eigenvalue weighted by Crippen LogP contribution is -2.72. The van der Waals surface area contributed by atoms with Crippen molar-refractivity contribution in [2.24, 2.45) is 45.8 Å². The van der Waals surface area contributed by atoms with Crippen molar-refractivity contribution in [1.29, 1.82) is 0 Å². The number of methoxy groups -OCH3 is 4. The second-order valence-electron chi connectivity index (χ2n) is 11.0. The summed E-state index contributed by atoms with van der Waals surface area (Å²) in [5, 5.41) is 7.93. The van der Waals surface area contributed by atoms with Crippen LogP contribution in [0, 0.1) is 35.5 Å². The summed E-state index contributed by atoms with van der Waals surface area (Å²) in [7, 11) is 4.43. The van der Waals surface area contributed by atoms with Crippen LogP contribution in [0.25, 0.3) is 0 Å². The van der Waals surface area contributed by atoms with E-state index in [-0.39, 0.29) is 11.4 Å². The lowest BCUT2D eigenvalue weighted by molar-refractivity contribution is -0.240. The van der Waals surface area contributed by atoms with Crippen LogP contribution in [0.3, 0.4) is 0 Å². The lowest BCUT2D eigenvalue weighted by Gasteiger charge is -2.60. The average molecular weight is 594 g/mol. The van der Waals surface area contributed by atoms with E-state index in [1.165, 1.54) is 6.08 Å². The molecule has 42 heavy (non-hydrogen) atoms. The number of hydrogen-bond donors (Lipinski definition) is 0. The molecule has 0 aromatic heterocycles. The molecule has 3 fully saturated rings. The third-order valence-electron chi connectivity index (χ3n) is 9.72. The summed E-state index contributed by atoms with van der Waals surface area (Å²) in [6.07, 6.45) is -3.33. The van der Waals surface area contributed by atoms with Crippen LogP contribution in [0.5, 0.6) is 0 Å². The number of rotatable bonds is 4. The third-order valence-corrected chi connectivity index (χ3v) is 9.72. The summed E-state index contributed by atoms with van der Waals surface area (Å²) in [5.41, 5.74) is -4.13. The smallest absolute Gasteiger partial charge is 0.356 e. The highest BCUT2D eigenvalue weighted by Gasteiger charge is 2.84. The van der Waals surface area contributed by atoms with Gasteiger partial charge >= 0.3 is 23.9 Å². The summed E-state index contributed by atoms with van der Waals surface area (Å²) in [6, 6.07) is 0. The molecule has 8 aliphatic rings. The molecule has 4 aliphatic carbocycles. The fourth-order valence-corrected chi connectivity index (χ4v) is 8.33. The Kier molecular flexibility index (Phi) is 5.64. The minimum atomic E-state index is -1.77. The van der Waals surface area contributed by atoms with Crippen molar-refractivity contribution in [3.8, 4) is 0 Å². The number of hydrogen-bond acceptors (Lipinski definition) is 14. The first-order valence-electron chi connectivity index (χ1n) is 13.0. The van der Waals surface area contributed by atoms with Gasteiger partial charge in [0, 0.05) is 17.8 Å². The molecule has 4 heterocycles. The Morgan fingerprint density at radius 3 is 1.83 bits per heavy atom. The Morgan fingerprint density at radius 2 is 1.26 bits per heavy atom. The van der Waals surface area contributed by atoms with E-state index in [1.54, 1.807) is 0 Å². The van der Waals surface area contributed by atoms with E-state index in [0.29, 0.717) is 0 Å². The van der Waals surface area contributed by atoms with E-state index >= 15 is 8.78 Å². The topological polar surface area (TPSA) is 167 Å². The van der Waals surface area contributed by atoms with Crippen molar-refractivity contribution in [2.45, 2.75) is 35.6 Å². The molecule has 16 heteroatoms. The number of carbonyl (C=O) groups excluding carboxylic acids is 4. The number of esters is 4. The van der Waals surface area contributed by atoms with Crippen LogP contribution in [0.1, 0.15) is 0 Å². The maximum atomic E-state index is 16.2. The molecule has 1 saturated carbocycles. The Hall–Kier alpha value is -3.92. The second kappa shape index (κ2) is 8.80. The fraction of sp³-hybridized carbons (Fsp3) is 0.615. The maximum Gasteiger partial charge on any atom is 0.356 e. The van der Waals surface area contributed by atoms with Gasteiger partial charge in [-0.25, -0.2) is 28.0 Å². The highest BCUT2D eigenvalue weighted by atomic mass is 19.1. The van der Waals surface area contributed by atoms with Gasteiger partial charge in [0.05, 0.1) is 46.2 Å². The van der Waals surface area contributed by atoms with Crippen molar-refractivity contribution in [3.63, 3.8) is 0 Å². The van der Waals surface area contributed by atoms with Crippen molar-refractivity contribution in [1.82, 2.24) is 0 Å². The Labute approximate surface area is 235 Å². The van der Waals surface area contributed by atoms with Gasteiger partial charge in [-0.05, 0) is 12.2 Å². The van der Waals surface area contributed by atoms with Crippen LogP contribution >= 0.6 is 0 Å². The molecule has 2 bridgehead atoms. The van der Waals surface area contributed by atoms with Crippen molar-refractivity contribution < 1.29 is 66.1 Å². The predicted octanol–water partition coefficient (Wildman–Crippen LogP) is -0.0920. The van der Waals surface area contributed by atoms with E-state index in [1.807, 2.05) is 0 Å². The molecule has 14 nitrogen and oxygen atoms in total. The highest BCUT2D eigenvalue weighted by molar-refractivity contribution is 6.39. The largest absolute Gasteiger partial charge is 0.467 e. The summed E-state index contributed by atoms with van der Waals surface area (Å²) in [4.78, 5) is 63.4. The molecule has 4 aliphatic heterocycles. The van der Waals surface area contributed by atoms with Gasteiger partial charge in [0.1, 0.15) is 23.9 Å². The van der Waals surface area contributed by atoms with Gasteiger partial charge in [-0.2, -0.15) is 0 Å². The van der Waals surface area contributed by atoms with Gasteiger partial charge in [0.15, 0.2) is 34.8 Å². The van der Waals surface area contributed by atoms with E-state index in [9.17, 15) is 19.2 Å². The van der Waals surface area contributed by atoms with Crippen LogP contribution in [0.15, 0.2) is 34.1 Å².